The zero-order chi connectivity index (χ0) is 19.4. The average Bonchev–Trinajstić information content (AvgIpc) is 3.33. The first-order chi connectivity index (χ1) is 11.5. The summed E-state index contributed by atoms with van der Waals surface area (Å²) in [7, 11) is 1.53. The van der Waals surface area contributed by atoms with Gasteiger partial charge in [0, 0.05) is 7.05 Å². The molecule has 7 nitrogen and oxygen atoms in total. The van der Waals surface area contributed by atoms with Gasteiger partial charge < -0.3 is 10.6 Å². The van der Waals surface area contributed by atoms with Crippen molar-refractivity contribution < 1.29 is 19.6 Å². The molecule has 4 N–H and O–H groups in total. The van der Waals surface area contributed by atoms with Gasteiger partial charge in [-0.1, -0.05) is 34.6 Å². The SMILES string of the molecule is CNC(=O)[C@@H](NC(=O)[C@H](CC(C)C)[C@@H](C(=O)NO)C1CC1)C(C)(C)C. The first kappa shape index (κ1) is 21.4. The lowest BCUT2D eigenvalue weighted by molar-refractivity contribution is -0.143. The minimum atomic E-state index is -0.697. The van der Waals surface area contributed by atoms with E-state index in [4.69, 9.17) is 5.21 Å². The Balaban J connectivity index is 3.06. The summed E-state index contributed by atoms with van der Waals surface area (Å²) in [6.45, 7) is 9.61. The van der Waals surface area contributed by atoms with Crippen LogP contribution in [0.25, 0.3) is 0 Å². The van der Waals surface area contributed by atoms with Crippen LogP contribution in [0.4, 0.5) is 0 Å². The van der Waals surface area contributed by atoms with Crippen molar-refractivity contribution in [2.45, 2.75) is 59.9 Å². The van der Waals surface area contributed by atoms with Gasteiger partial charge in [-0.2, -0.15) is 0 Å². The largest absolute Gasteiger partial charge is 0.357 e. The van der Waals surface area contributed by atoms with Crippen LogP contribution in [0, 0.1) is 29.1 Å². The predicted molar refractivity (Wildman–Crippen MR) is 94.5 cm³/mol. The van der Waals surface area contributed by atoms with Gasteiger partial charge in [0.1, 0.15) is 6.04 Å². The maximum absolute atomic E-state index is 13.0. The number of hydrogen-bond acceptors (Lipinski definition) is 4. The van der Waals surface area contributed by atoms with Crippen LogP contribution in [0.5, 0.6) is 0 Å². The van der Waals surface area contributed by atoms with Gasteiger partial charge in [-0.3, -0.25) is 19.6 Å². The van der Waals surface area contributed by atoms with Crippen LogP contribution < -0.4 is 16.1 Å². The van der Waals surface area contributed by atoms with Gasteiger partial charge in [-0.25, -0.2) is 5.48 Å². The van der Waals surface area contributed by atoms with E-state index in [2.05, 4.69) is 10.6 Å². The minimum Gasteiger partial charge on any atom is -0.357 e. The molecule has 3 atom stereocenters. The molecule has 144 valence electrons. The summed E-state index contributed by atoms with van der Waals surface area (Å²) in [4.78, 5) is 37.4. The van der Waals surface area contributed by atoms with Crippen LogP contribution in [-0.2, 0) is 14.4 Å². The molecule has 0 saturated heterocycles. The van der Waals surface area contributed by atoms with Gasteiger partial charge in [0.05, 0.1) is 11.8 Å². The summed E-state index contributed by atoms with van der Waals surface area (Å²) in [6.07, 6.45) is 2.27. The van der Waals surface area contributed by atoms with Crippen LogP contribution >= 0.6 is 0 Å². The van der Waals surface area contributed by atoms with Crippen molar-refractivity contribution >= 4 is 17.7 Å². The second-order valence-electron chi connectivity index (χ2n) is 8.50. The number of likely N-dealkylation sites (N-methyl/N-ethyl adjacent to an activating group) is 1. The zero-order valence-corrected chi connectivity index (χ0v) is 16.2. The van der Waals surface area contributed by atoms with Gasteiger partial charge >= 0.3 is 0 Å². The van der Waals surface area contributed by atoms with Gasteiger partial charge in [0.2, 0.25) is 17.7 Å². The lowest BCUT2D eigenvalue weighted by Gasteiger charge is -2.33. The maximum atomic E-state index is 13.0. The molecule has 1 saturated carbocycles. The van der Waals surface area contributed by atoms with Gasteiger partial charge in [0.15, 0.2) is 0 Å². The van der Waals surface area contributed by atoms with E-state index >= 15 is 0 Å². The molecule has 0 aromatic heterocycles. The van der Waals surface area contributed by atoms with Gasteiger partial charge in [-0.15, -0.1) is 0 Å². The smallest absolute Gasteiger partial charge is 0.247 e. The van der Waals surface area contributed by atoms with E-state index in [1.165, 1.54) is 7.05 Å². The topological polar surface area (TPSA) is 108 Å². The van der Waals surface area contributed by atoms with Crippen LogP contribution in [0.2, 0.25) is 0 Å². The Labute approximate surface area is 150 Å². The van der Waals surface area contributed by atoms with E-state index in [-0.39, 0.29) is 23.7 Å². The Kier molecular flexibility index (Phi) is 7.41. The summed E-state index contributed by atoms with van der Waals surface area (Å²) >= 11 is 0. The first-order valence-electron chi connectivity index (χ1n) is 8.98. The molecule has 1 fully saturated rings. The van der Waals surface area contributed by atoms with Crippen molar-refractivity contribution in [3.8, 4) is 0 Å². The number of carbonyl (C=O) groups is 3. The van der Waals surface area contributed by atoms with E-state index in [0.29, 0.717) is 6.42 Å². The molecule has 7 heteroatoms. The zero-order valence-electron chi connectivity index (χ0n) is 16.2. The number of hydrogen-bond donors (Lipinski definition) is 4. The van der Waals surface area contributed by atoms with E-state index in [0.717, 1.165) is 12.8 Å². The second kappa shape index (κ2) is 8.65. The molecule has 0 unspecified atom stereocenters. The highest BCUT2D eigenvalue weighted by Crippen LogP contribution is 2.42. The molecule has 0 aliphatic heterocycles. The fourth-order valence-electron chi connectivity index (χ4n) is 3.25. The summed E-state index contributed by atoms with van der Waals surface area (Å²) in [5.74, 6) is -1.93. The number of carbonyl (C=O) groups excluding carboxylic acids is 3. The number of nitrogens with one attached hydrogen (secondary N) is 3. The molecule has 0 heterocycles. The third-order valence-electron chi connectivity index (χ3n) is 4.70. The van der Waals surface area contributed by atoms with Crippen molar-refractivity contribution in [2.24, 2.45) is 29.1 Å². The normalized spacial score (nSPS) is 18.2. The summed E-state index contributed by atoms with van der Waals surface area (Å²) in [5, 5.41) is 14.5. The summed E-state index contributed by atoms with van der Waals surface area (Å²) in [5.41, 5.74) is 1.25. The third-order valence-corrected chi connectivity index (χ3v) is 4.70. The van der Waals surface area contributed by atoms with Crippen molar-refractivity contribution in [2.75, 3.05) is 7.05 Å². The third kappa shape index (κ3) is 5.99. The molecule has 0 aromatic carbocycles. The first-order valence-corrected chi connectivity index (χ1v) is 8.98. The Hall–Kier alpha value is -1.63. The molecule has 3 amide bonds. The van der Waals surface area contributed by atoms with Crippen LogP contribution in [-0.4, -0.2) is 36.0 Å². The lowest BCUT2D eigenvalue weighted by Crippen LogP contribution is -2.55. The molecule has 0 bridgehead atoms. The van der Waals surface area contributed by atoms with Crippen LogP contribution in [0.1, 0.15) is 53.9 Å². The molecule has 0 aromatic rings. The Morgan fingerprint density at radius 3 is 2.00 bits per heavy atom. The summed E-state index contributed by atoms with van der Waals surface area (Å²) < 4.78 is 0. The van der Waals surface area contributed by atoms with Gasteiger partial charge in [0.25, 0.3) is 0 Å². The van der Waals surface area contributed by atoms with Gasteiger partial charge in [-0.05, 0) is 36.5 Å². The monoisotopic (exact) mass is 355 g/mol. The molecule has 0 radical (unpaired) electrons. The van der Waals surface area contributed by atoms with Crippen molar-refractivity contribution in [1.29, 1.82) is 0 Å². The maximum Gasteiger partial charge on any atom is 0.247 e. The Bertz CT molecular complexity index is 495. The molecular formula is C18H33N3O4. The van der Waals surface area contributed by atoms with E-state index in [9.17, 15) is 14.4 Å². The fourth-order valence-corrected chi connectivity index (χ4v) is 3.25. The molecule has 0 spiro atoms. The second-order valence-corrected chi connectivity index (χ2v) is 8.50. The predicted octanol–water partition coefficient (Wildman–Crippen LogP) is 1.46. The molecule has 1 aliphatic carbocycles. The molecule has 25 heavy (non-hydrogen) atoms. The van der Waals surface area contributed by atoms with E-state index < -0.39 is 29.2 Å². The Morgan fingerprint density at radius 1 is 1.08 bits per heavy atom. The van der Waals surface area contributed by atoms with E-state index in [1.54, 1.807) is 5.48 Å². The summed E-state index contributed by atoms with van der Waals surface area (Å²) in [6, 6.07) is -0.697. The standard InChI is InChI=1S/C18H33N3O4/c1-10(2)9-12(13(11-7-8-11)16(23)21-25)15(22)20-14(17(24)19-6)18(3,4)5/h10-14,25H,7-9H2,1-6H3,(H,19,24)(H,20,22)(H,21,23)/t12-,13+,14-/m1/s1. The molecule has 1 aliphatic rings. The van der Waals surface area contributed by atoms with Crippen molar-refractivity contribution in [1.82, 2.24) is 16.1 Å². The van der Waals surface area contributed by atoms with Crippen molar-refractivity contribution in [3.05, 3.63) is 0 Å². The highest BCUT2D eigenvalue weighted by atomic mass is 16.5. The number of rotatable bonds is 8. The highest BCUT2D eigenvalue weighted by Gasteiger charge is 2.45. The average molecular weight is 355 g/mol. The van der Waals surface area contributed by atoms with E-state index in [1.807, 2.05) is 34.6 Å². The molecular weight excluding hydrogens is 322 g/mol. The van der Waals surface area contributed by atoms with Crippen molar-refractivity contribution in [3.63, 3.8) is 0 Å². The molecule has 1 rings (SSSR count). The number of amides is 3. The Morgan fingerprint density at radius 2 is 1.64 bits per heavy atom. The quantitative estimate of drug-likeness (QED) is 0.390. The van der Waals surface area contributed by atoms with Crippen LogP contribution in [0.3, 0.4) is 0 Å². The van der Waals surface area contributed by atoms with Crippen LogP contribution in [0.15, 0.2) is 0 Å². The number of hydroxylamine groups is 1. The highest BCUT2D eigenvalue weighted by molar-refractivity contribution is 5.92. The lowest BCUT2D eigenvalue weighted by atomic mass is 9.80. The fraction of sp³-hybridized carbons (Fsp3) is 0.833. The minimum absolute atomic E-state index is 0.106.